The van der Waals surface area contributed by atoms with Crippen molar-refractivity contribution in [3.63, 3.8) is 0 Å². The first-order valence-electron chi connectivity index (χ1n) is 5.53. The van der Waals surface area contributed by atoms with Crippen molar-refractivity contribution in [2.45, 2.75) is 0 Å². The summed E-state index contributed by atoms with van der Waals surface area (Å²) in [7, 11) is 0. The Balaban J connectivity index is 2.00. The summed E-state index contributed by atoms with van der Waals surface area (Å²) in [4.78, 5) is 11.9. The van der Waals surface area contributed by atoms with Gasteiger partial charge in [0.25, 0.3) is 0 Å². The van der Waals surface area contributed by atoms with E-state index in [0.717, 1.165) is 5.69 Å². The van der Waals surface area contributed by atoms with Crippen LogP contribution in [0.5, 0.6) is 0 Å². The highest BCUT2D eigenvalue weighted by Crippen LogP contribution is 2.15. The fraction of sp³-hybridized carbons (Fsp3) is 0.0714. The van der Waals surface area contributed by atoms with Crippen LogP contribution in [0.4, 0.5) is 11.4 Å². The average molecular weight is 261 g/mol. The molecule has 0 aromatic heterocycles. The molecule has 3 nitrogen and oxygen atoms in total. The Bertz CT molecular complexity index is 569. The van der Waals surface area contributed by atoms with Gasteiger partial charge < -0.3 is 11.1 Å². The van der Waals surface area contributed by atoms with E-state index in [4.69, 9.17) is 17.3 Å². The highest BCUT2D eigenvalue weighted by atomic mass is 35.5. The molecule has 3 N–H and O–H groups in total. The summed E-state index contributed by atoms with van der Waals surface area (Å²) in [5.41, 5.74) is 7.64. The molecule has 0 fully saturated rings. The minimum atomic E-state index is -0.0118. The Hall–Kier alpha value is -2.00. The van der Waals surface area contributed by atoms with E-state index in [-0.39, 0.29) is 12.3 Å². The van der Waals surface area contributed by atoms with E-state index in [9.17, 15) is 4.79 Å². The number of hydrogen-bond donors (Lipinski definition) is 2. The summed E-state index contributed by atoms with van der Waals surface area (Å²) in [5, 5.41) is 3.66. The van der Waals surface area contributed by atoms with E-state index >= 15 is 0 Å². The van der Waals surface area contributed by atoms with Gasteiger partial charge in [-0.25, -0.2) is 0 Å². The largest absolute Gasteiger partial charge is 0.399 e. The van der Waals surface area contributed by atoms with Gasteiger partial charge in [-0.3, -0.25) is 4.79 Å². The average Bonchev–Trinajstić information content (AvgIpc) is 2.36. The third kappa shape index (κ3) is 3.25. The van der Waals surface area contributed by atoms with Crippen molar-refractivity contribution in [3.05, 3.63) is 59.1 Å². The molecule has 18 heavy (non-hydrogen) atoms. The van der Waals surface area contributed by atoms with Crippen LogP contribution in [0.2, 0.25) is 5.02 Å². The Morgan fingerprint density at radius 2 is 1.94 bits per heavy atom. The molecular formula is C14H13ClN2O. The number of ketones is 1. The minimum Gasteiger partial charge on any atom is -0.399 e. The number of halogens is 1. The first-order valence-corrected chi connectivity index (χ1v) is 5.91. The molecule has 4 heteroatoms. The lowest BCUT2D eigenvalue weighted by molar-refractivity contribution is 0.101. The number of nitrogen functional groups attached to an aromatic ring is 1. The molecule has 0 heterocycles. The topological polar surface area (TPSA) is 55.1 Å². The van der Waals surface area contributed by atoms with E-state index in [1.54, 1.807) is 36.4 Å². The molecule has 0 atom stereocenters. The van der Waals surface area contributed by atoms with E-state index < -0.39 is 0 Å². The van der Waals surface area contributed by atoms with Gasteiger partial charge in [0.1, 0.15) is 0 Å². The molecule has 0 radical (unpaired) electrons. The monoisotopic (exact) mass is 260 g/mol. The first kappa shape index (κ1) is 12.5. The molecule has 92 valence electrons. The van der Waals surface area contributed by atoms with Crippen LogP contribution in [-0.2, 0) is 0 Å². The summed E-state index contributed by atoms with van der Waals surface area (Å²) in [5.74, 6) is -0.0118. The number of anilines is 2. The van der Waals surface area contributed by atoms with Gasteiger partial charge in [-0.1, -0.05) is 29.8 Å². The molecule has 0 saturated carbocycles. The van der Waals surface area contributed by atoms with Gasteiger partial charge in [0, 0.05) is 22.0 Å². The van der Waals surface area contributed by atoms with Gasteiger partial charge in [0.15, 0.2) is 5.78 Å². The zero-order valence-corrected chi connectivity index (χ0v) is 10.4. The fourth-order valence-corrected chi connectivity index (χ4v) is 1.79. The lowest BCUT2D eigenvalue weighted by atomic mass is 10.1. The summed E-state index contributed by atoms with van der Waals surface area (Å²) in [6.07, 6.45) is 0. The summed E-state index contributed by atoms with van der Waals surface area (Å²) in [6, 6.07) is 14.2. The number of Topliss-reactive ketones (excluding diaryl/α,β-unsaturated/α-hetero) is 1. The summed E-state index contributed by atoms with van der Waals surface area (Å²) in [6.45, 7) is 0.212. The van der Waals surface area contributed by atoms with Crippen LogP contribution in [0.25, 0.3) is 0 Å². The Labute approximate surface area is 111 Å². The molecule has 0 saturated heterocycles. The number of benzene rings is 2. The minimum absolute atomic E-state index is 0.0118. The molecule has 0 amide bonds. The van der Waals surface area contributed by atoms with Gasteiger partial charge in [-0.15, -0.1) is 0 Å². The molecule has 2 rings (SSSR count). The molecule has 0 bridgehead atoms. The molecule has 0 spiro atoms. The smallest absolute Gasteiger partial charge is 0.181 e. The standard InChI is InChI=1S/C14H13ClN2O/c15-11-4-2-6-13(8-11)17-9-14(18)10-3-1-5-12(16)7-10/h1-8,17H,9,16H2. The maximum absolute atomic E-state index is 11.9. The van der Waals surface area contributed by atoms with Crippen LogP contribution < -0.4 is 11.1 Å². The first-order chi connectivity index (χ1) is 8.65. The Morgan fingerprint density at radius 1 is 1.17 bits per heavy atom. The molecule has 2 aromatic carbocycles. The molecule has 0 unspecified atom stereocenters. The van der Waals surface area contributed by atoms with Crippen molar-refractivity contribution >= 4 is 28.8 Å². The Morgan fingerprint density at radius 3 is 2.67 bits per heavy atom. The molecule has 0 aliphatic heterocycles. The second-order valence-corrected chi connectivity index (χ2v) is 4.35. The third-order valence-electron chi connectivity index (χ3n) is 2.49. The van der Waals surface area contributed by atoms with Crippen LogP contribution >= 0.6 is 11.6 Å². The normalized spacial score (nSPS) is 10.1. The molecule has 0 aliphatic rings. The third-order valence-corrected chi connectivity index (χ3v) is 2.72. The maximum atomic E-state index is 11.9. The van der Waals surface area contributed by atoms with Crippen molar-refractivity contribution in [1.29, 1.82) is 0 Å². The van der Waals surface area contributed by atoms with Crippen molar-refractivity contribution in [2.75, 3.05) is 17.6 Å². The van der Waals surface area contributed by atoms with Crippen molar-refractivity contribution in [1.82, 2.24) is 0 Å². The van der Waals surface area contributed by atoms with E-state index in [0.29, 0.717) is 16.3 Å². The Kier molecular flexibility index (Phi) is 3.85. The number of carbonyl (C=O) groups excluding carboxylic acids is 1. The van der Waals surface area contributed by atoms with Crippen LogP contribution in [0, 0.1) is 0 Å². The van der Waals surface area contributed by atoms with Gasteiger partial charge in [0.05, 0.1) is 6.54 Å². The second kappa shape index (κ2) is 5.56. The summed E-state index contributed by atoms with van der Waals surface area (Å²) < 4.78 is 0. The number of carbonyl (C=O) groups is 1. The lowest BCUT2D eigenvalue weighted by Crippen LogP contribution is -2.14. The van der Waals surface area contributed by atoms with E-state index in [1.165, 1.54) is 0 Å². The van der Waals surface area contributed by atoms with Gasteiger partial charge in [-0.05, 0) is 30.3 Å². The highest BCUT2D eigenvalue weighted by Gasteiger charge is 2.05. The number of nitrogens with two attached hydrogens (primary N) is 1. The van der Waals surface area contributed by atoms with Gasteiger partial charge in [0.2, 0.25) is 0 Å². The van der Waals surface area contributed by atoms with E-state index in [2.05, 4.69) is 5.32 Å². The van der Waals surface area contributed by atoms with Crippen LogP contribution in [-0.4, -0.2) is 12.3 Å². The van der Waals surface area contributed by atoms with Crippen molar-refractivity contribution < 1.29 is 4.79 Å². The summed E-state index contributed by atoms with van der Waals surface area (Å²) >= 11 is 5.86. The fourth-order valence-electron chi connectivity index (χ4n) is 1.59. The van der Waals surface area contributed by atoms with Crippen molar-refractivity contribution in [2.24, 2.45) is 0 Å². The zero-order valence-electron chi connectivity index (χ0n) is 9.69. The predicted molar refractivity (Wildman–Crippen MR) is 75.1 cm³/mol. The lowest BCUT2D eigenvalue weighted by Gasteiger charge is -2.06. The molecule has 0 aliphatic carbocycles. The SMILES string of the molecule is Nc1cccc(C(=O)CNc2cccc(Cl)c2)c1. The maximum Gasteiger partial charge on any atom is 0.181 e. The van der Waals surface area contributed by atoms with Crippen LogP contribution in [0.3, 0.4) is 0 Å². The number of nitrogens with one attached hydrogen (secondary N) is 1. The molecular weight excluding hydrogens is 248 g/mol. The predicted octanol–water partition coefficient (Wildman–Crippen LogP) is 3.22. The van der Waals surface area contributed by atoms with Gasteiger partial charge >= 0.3 is 0 Å². The molecule has 2 aromatic rings. The van der Waals surface area contributed by atoms with Gasteiger partial charge in [-0.2, -0.15) is 0 Å². The zero-order chi connectivity index (χ0) is 13.0. The highest BCUT2D eigenvalue weighted by molar-refractivity contribution is 6.30. The van der Waals surface area contributed by atoms with Crippen molar-refractivity contribution in [3.8, 4) is 0 Å². The van der Waals surface area contributed by atoms with E-state index in [1.807, 2.05) is 12.1 Å². The quantitative estimate of drug-likeness (QED) is 0.656. The second-order valence-electron chi connectivity index (χ2n) is 3.91. The number of hydrogen-bond acceptors (Lipinski definition) is 3. The van der Waals surface area contributed by atoms with Crippen LogP contribution in [0.15, 0.2) is 48.5 Å². The number of rotatable bonds is 4. The van der Waals surface area contributed by atoms with Crippen LogP contribution in [0.1, 0.15) is 10.4 Å².